The summed E-state index contributed by atoms with van der Waals surface area (Å²) in [4.78, 5) is 26.4. The van der Waals surface area contributed by atoms with Gasteiger partial charge in [0.2, 0.25) is 0 Å². The highest BCUT2D eigenvalue weighted by atomic mass is 16.3. The minimum absolute atomic E-state index is 0.168. The summed E-state index contributed by atoms with van der Waals surface area (Å²) < 4.78 is 1.44. The number of nitrogens with zero attached hydrogens (tertiary/aromatic N) is 4. The third-order valence-electron chi connectivity index (χ3n) is 5.20. The van der Waals surface area contributed by atoms with Crippen LogP contribution in [0.4, 0.5) is 5.82 Å². The minimum atomic E-state index is -0.972. The normalized spacial score (nSPS) is 11.6. The molecule has 31 heavy (non-hydrogen) atoms. The van der Waals surface area contributed by atoms with Crippen LogP contribution in [0.1, 0.15) is 30.7 Å². The molecule has 0 spiro atoms. The first kappa shape index (κ1) is 20.7. The fourth-order valence-corrected chi connectivity index (χ4v) is 3.35. The van der Waals surface area contributed by atoms with Crippen molar-refractivity contribution in [3.8, 4) is 11.3 Å². The standard InChI is InChI=1S/C24H25N5O2/c1-15-8-9-16(12-25-15)13-26-22-21-20(27-14-29(4)23(21)30)11-19(28-22)17-6-5-7-18(10-17)24(2,3)31/h5-12,14,31H,13H2,1-4H3,(H,26,28). The predicted molar refractivity (Wildman–Crippen MR) is 122 cm³/mol. The summed E-state index contributed by atoms with van der Waals surface area (Å²) in [7, 11) is 1.67. The second-order valence-electron chi connectivity index (χ2n) is 8.21. The van der Waals surface area contributed by atoms with Crippen LogP contribution in [0.25, 0.3) is 22.2 Å². The van der Waals surface area contributed by atoms with Crippen LogP contribution in [0.15, 0.2) is 59.8 Å². The molecular formula is C24H25N5O2. The number of nitrogens with one attached hydrogen (secondary N) is 1. The molecule has 3 aromatic heterocycles. The number of benzene rings is 1. The fourth-order valence-electron chi connectivity index (χ4n) is 3.35. The van der Waals surface area contributed by atoms with E-state index in [-0.39, 0.29) is 5.56 Å². The van der Waals surface area contributed by atoms with E-state index in [1.54, 1.807) is 33.2 Å². The Bertz CT molecular complexity index is 1300. The Morgan fingerprint density at radius 2 is 1.94 bits per heavy atom. The molecule has 0 radical (unpaired) electrons. The molecule has 2 N–H and O–H groups in total. The van der Waals surface area contributed by atoms with Crippen molar-refractivity contribution < 1.29 is 5.11 Å². The maximum Gasteiger partial charge on any atom is 0.264 e. The van der Waals surface area contributed by atoms with E-state index in [4.69, 9.17) is 4.98 Å². The Kier molecular flexibility index (Phi) is 5.29. The zero-order chi connectivity index (χ0) is 22.2. The second-order valence-corrected chi connectivity index (χ2v) is 8.21. The topological polar surface area (TPSA) is 92.9 Å². The third kappa shape index (κ3) is 4.32. The maximum absolute atomic E-state index is 12.8. The maximum atomic E-state index is 12.8. The summed E-state index contributed by atoms with van der Waals surface area (Å²) in [6, 6.07) is 13.3. The van der Waals surface area contributed by atoms with Gasteiger partial charge in [-0.15, -0.1) is 0 Å². The van der Waals surface area contributed by atoms with Crippen LogP contribution < -0.4 is 10.9 Å². The van der Waals surface area contributed by atoms with Gasteiger partial charge >= 0.3 is 0 Å². The zero-order valence-electron chi connectivity index (χ0n) is 18.0. The van der Waals surface area contributed by atoms with E-state index < -0.39 is 5.60 Å². The van der Waals surface area contributed by atoms with E-state index in [0.717, 1.165) is 22.4 Å². The lowest BCUT2D eigenvalue weighted by Crippen LogP contribution is -2.19. The summed E-state index contributed by atoms with van der Waals surface area (Å²) in [5, 5.41) is 14.1. The van der Waals surface area contributed by atoms with Gasteiger partial charge in [-0.2, -0.15) is 0 Å². The highest BCUT2D eigenvalue weighted by Gasteiger charge is 2.18. The highest BCUT2D eigenvalue weighted by Crippen LogP contribution is 2.28. The molecule has 0 saturated carbocycles. The van der Waals surface area contributed by atoms with Gasteiger partial charge in [-0.25, -0.2) is 9.97 Å². The Morgan fingerprint density at radius 1 is 1.13 bits per heavy atom. The van der Waals surface area contributed by atoms with Gasteiger partial charge in [0.25, 0.3) is 5.56 Å². The van der Waals surface area contributed by atoms with Gasteiger partial charge in [0, 0.05) is 31.0 Å². The van der Waals surface area contributed by atoms with Crippen LogP contribution in [-0.2, 0) is 19.2 Å². The molecule has 7 nitrogen and oxygen atoms in total. The first-order valence-corrected chi connectivity index (χ1v) is 10.1. The van der Waals surface area contributed by atoms with Crippen molar-refractivity contribution in [3.63, 3.8) is 0 Å². The lowest BCUT2D eigenvalue weighted by molar-refractivity contribution is 0.0786. The summed E-state index contributed by atoms with van der Waals surface area (Å²) in [5.41, 5.74) is 3.64. The van der Waals surface area contributed by atoms with Crippen molar-refractivity contribution in [2.75, 3.05) is 5.32 Å². The molecule has 4 aromatic rings. The number of aliphatic hydroxyl groups is 1. The average Bonchev–Trinajstić information content (AvgIpc) is 2.75. The van der Waals surface area contributed by atoms with Gasteiger partial charge in [-0.1, -0.05) is 24.3 Å². The lowest BCUT2D eigenvalue weighted by atomic mass is 9.95. The Labute approximate surface area is 180 Å². The Morgan fingerprint density at radius 3 is 2.65 bits per heavy atom. The number of fused-ring (bicyclic) bond motifs is 1. The number of rotatable bonds is 5. The van der Waals surface area contributed by atoms with E-state index in [1.807, 2.05) is 43.3 Å². The van der Waals surface area contributed by atoms with Crippen LogP contribution in [0, 0.1) is 6.92 Å². The van der Waals surface area contributed by atoms with Crippen LogP contribution in [0.3, 0.4) is 0 Å². The van der Waals surface area contributed by atoms with Crippen molar-refractivity contribution in [3.05, 3.63) is 82.2 Å². The Balaban J connectivity index is 1.82. The highest BCUT2D eigenvalue weighted by molar-refractivity contribution is 5.91. The zero-order valence-corrected chi connectivity index (χ0v) is 18.0. The quantitative estimate of drug-likeness (QED) is 0.518. The summed E-state index contributed by atoms with van der Waals surface area (Å²) in [5.74, 6) is 0.468. The number of anilines is 1. The second kappa shape index (κ2) is 7.92. The van der Waals surface area contributed by atoms with Crippen molar-refractivity contribution in [1.29, 1.82) is 0 Å². The van der Waals surface area contributed by atoms with Gasteiger partial charge in [0.15, 0.2) is 0 Å². The molecule has 0 bridgehead atoms. The summed E-state index contributed by atoms with van der Waals surface area (Å²) in [6.07, 6.45) is 3.31. The first-order chi connectivity index (χ1) is 14.7. The first-order valence-electron chi connectivity index (χ1n) is 10.1. The number of aryl methyl sites for hydroxylation is 2. The third-order valence-corrected chi connectivity index (χ3v) is 5.20. The number of hydrogen-bond donors (Lipinski definition) is 2. The Hall–Kier alpha value is -3.58. The summed E-state index contributed by atoms with van der Waals surface area (Å²) >= 11 is 0. The number of hydrogen-bond acceptors (Lipinski definition) is 6. The van der Waals surface area contributed by atoms with E-state index in [9.17, 15) is 9.90 Å². The van der Waals surface area contributed by atoms with Crippen molar-refractivity contribution >= 4 is 16.7 Å². The van der Waals surface area contributed by atoms with E-state index in [2.05, 4.69) is 15.3 Å². The van der Waals surface area contributed by atoms with E-state index >= 15 is 0 Å². The lowest BCUT2D eigenvalue weighted by Gasteiger charge is -2.18. The molecule has 0 aliphatic heterocycles. The fraction of sp³-hybridized carbons (Fsp3) is 0.250. The van der Waals surface area contributed by atoms with Crippen LogP contribution >= 0.6 is 0 Å². The molecule has 0 fully saturated rings. The van der Waals surface area contributed by atoms with E-state index in [0.29, 0.717) is 29.0 Å². The molecule has 0 amide bonds. The minimum Gasteiger partial charge on any atom is -0.386 e. The van der Waals surface area contributed by atoms with Gasteiger partial charge in [0.05, 0.1) is 23.1 Å². The molecule has 0 aliphatic rings. The molecule has 0 unspecified atom stereocenters. The average molecular weight is 415 g/mol. The van der Waals surface area contributed by atoms with Crippen LogP contribution in [0.2, 0.25) is 0 Å². The molecule has 7 heteroatoms. The van der Waals surface area contributed by atoms with E-state index in [1.165, 1.54) is 10.9 Å². The number of aromatic nitrogens is 4. The molecule has 3 heterocycles. The SMILES string of the molecule is Cc1ccc(CNc2nc(-c3cccc(C(C)(C)O)c3)cc3ncn(C)c(=O)c23)cn1. The van der Waals surface area contributed by atoms with Gasteiger partial charge in [0.1, 0.15) is 11.2 Å². The predicted octanol–water partition coefficient (Wildman–Crippen LogP) is 3.54. The van der Waals surface area contributed by atoms with Gasteiger partial charge < -0.3 is 15.0 Å². The van der Waals surface area contributed by atoms with Crippen LogP contribution in [-0.4, -0.2) is 24.6 Å². The smallest absolute Gasteiger partial charge is 0.264 e. The molecular weight excluding hydrogens is 390 g/mol. The van der Waals surface area contributed by atoms with Crippen LogP contribution in [0.5, 0.6) is 0 Å². The molecule has 0 saturated heterocycles. The molecule has 158 valence electrons. The van der Waals surface area contributed by atoms with Crippen molar-refractivity contribution in [1.82, 2.24) is 19.5 Å². The number of pyridine rings is 2. The molecule has 4 rings (SSSR count). The summed E-state index contributed by atoms with van der Waals surface area (Å²) in [6.45, 7) is 5.90. The van der Waals surface area contributed by atoms with Crippen molar-refractivity contribution in [2.24, 2.45) is 7.05 Å². The molecule has 1 aromatic carbocycles. The largest absolute Gasteiger partial charge is 0.386 e. The van der Waals surface area contributed by atoms with Crippen molar-refractivity contribution in [2.45, 2.75) is 32.9 Å². The van der Waals surface area contributed by atoms with Gasteiger partial charge in [-0.3, -0.25) is 9.78 Å². The van der Waals surface area contributed by atoms with Gasteiger partial charge in [-0.05, 0) is 50.1 Å². The monoisotopic (exact) mass is 415 g/mol. The molecule has 0 aliphatic carbocycles. The molecule has 0 atom stereocenters.